The van der Waals surface area contributed by atoms with Gasteiger partial charge in [0, 0.05) is 11.6 Å². The summed E-state index contributed by atoms with van der Waals surface area (Å²) >= 11 is 0. The normalized spacial score (nSPS) is 10.9. The summed E-state index contributed by atoms with van der Waals surface area (Å²) in [6, 6.07) is 26.2. The number of hydrogen-bond donors (Lipinski definition) is 2. The number of phenols is 1. The van der Waals surface area contributed by atoms with Gasteiger partial charge in [0.2, 0.25) is 0 Å². The minimum Gasteiger partial charge on any atom is -0.507 e. The lowest BCUT2D eigenvalue weighted by Gasteiger charge is -2.11. The molecule has 32 heavy (non-hydrogen) atoms. The van der Waals surface area contributed by atoms with Crippen LogP contribution in [0.1, 0.15) is 21.5 Å². The number of carbonyl (C=O) groups excluding carboxylic acids is 1. The average molecular weight is 426 g/mol. The Balaban J connectivity index is 1.45. The molecule has 0 unspecified atom stereocenters. The molecule has 4 rings (SSSR count). The van der Waals surface area contributed by atoms with Gasteiger partial charge in [0.25, 0.3) is 5.91 Å². The number of methoxy groups -OCH3 is 1. The van der Waals surface area contributed by atoms with Gasteiger partial charge in [-0.1, -0.05) is 54.6 Å². The van der Waals surface area contributed by atoms with Crippen molar-refractivity contribution in [1.29, 1.82) is 0 Å². The predicted octanol–water partition coefficient (Wildman–Crippen LogP) is 4.90. The molecule has 0 aliphatic heterocycles. The number of benzene rings is 4. The number of amides is 1. The van der Waals surface area contributed by atoms with Crippen molar-refractivity contribution in [1.82, 2.24) is 5.43 Å². The van der Waals surface area contributed by atoms with Gasteiger partial charge in [0.1, 0.15) is 23.9 Å². The fourth-order valence-electron chi connectivity index (χ4n) is 3.34. The van der Waals surface area contributed by atoms with Gasteiger partial charge in [-0.15, -0.1) is 0 Å². The molecular weight excluding hydrogens is 404 g/mol. The second-order valence-corrected chi connectivity index (χ2v) is 7.05. The summed E-state index contributed by atoms with van der Waals surface area (Å²) in [5.74, 6) is 0.386. The van der Waals surface area contributed by atoms with Gasteiger partial charge in [-0.25, -0.2) is 5.43 Å². The fraction of sp³-hybridized carbons (Fsp3) is 0.0769. The zero-order chi connectivity index (χ0) is 22.3. The summed E-state index contributed by atoms with van der Waals surface area (Å²) in [7, 11) is 1.48. The molecule has 0 saturated carbocycles. The minimum absolute atomic E-state index is 0.100. The van der Waals surface area contributed by atoms with Crippen LogP contribution in [0.15, 0.2) is 90.0 Å². The lowest BCUT2D eigenvalue weighted by Crippen LogP contribution is -2.17. The second-order valence-electron chi connectivity index (χ2n) is 7.05. The third kappa shape index (κ3) is 4.70. The number of fused-ring (bicyclic) bond motifs is 1. The van der Waals surface area contributed by atoms with Gasteiger partial charge in [-0.05, 0) is 40.6 Å². The number of aromatic hydroxyl groups is 1. The number of para-hydroxylation sites is 1. The standard InChI is InChI=1S/C26H22N2O4/c1-31-21-13-14-23(24(29)15-21)26(30)28-27-16-19-8-3-5-12-25(19)32-17-20-10-6-9-18-7-2-4-11-22(18)20/h2-16,29H,17H2,1H3,(H,28,30)/b27-16-. The van der Waals surface area contributed by atoms with E-state index in [4.69, 9.17) is 9.47 Å². The molecule has 0 aliphatic rings. The molecule has 0 atom stereocenters. The van der Waals surface area contributed by atoms with Crippen LogP contribution in [0, 0.1) is 0 Å². The van der Waals surface area contributed by atoms with Gasteiger partial charge in [0.15, 0.2) is 0 Å². The Morgan fingerprint density at radius 3 is 2.62 bits per heavy atom. The monoisotopic (exact) mass is 426 g/mol. The van der Waals surface area contributed by atoms with Crippen molar-refractivity contribution in [3.63, 3.8) is 0 Å². The van der Waals surface area contributed by atoms with E-state index in [1.165, 1.54) is 25.5 Å². The van der Waals surface area contributed by atoms with Crippen LogP contribution in [0.5, 0.6) is 17.2 Å². The molecule has 0 bridgehead atoms. The SMILES string of the molecule is COc1ccc(C(=O)N/N=C\c2ccccc2OCc2cccc3ccccc23)c(O)c1. The van der Waals surface area contributed by atoms with E-state index >= 15 is 0 Å². The van der Waals surface area contributed by atoms with Crippen LogP contribution >= 0.6 is 0 Å². The van der Waals surface area contributed by atoms with Crippen molar-refractivity contribution in [3.8, 4) is 17.2 Å². The Bertz CT molecular complexity index is 1280. The summed E-state index contributed by atoms with van der Waals surface area (Å²) in [6.45, 7) is 0.401. The lowest BCUT2D eigenvalue weighted by molar-refractivity contribution is 0.0952. The van der Waals surface area contributed by atoms with E-state index in [1.807, 2.05) is 48.5 Å². The Kier molecular flexibility index (Phi) is 6.32. The summed E-state index contributed by atoms with van der Waals surface area (Å²) in [6.07, 6.45) is 1.51. The van der Waals surface area contributed by atoms with Gasteiger partial charge >= 0.3 is 0 Å². The number of hydrazone groups is 1. The lowest BCUT2D eigenvalue weighted by atomic mass is 10.1. The number of carbonyl (C=O) groups is 1. The van der Waals surface area contributed by atoms with Crippen LogP contribution in [0.25, 0.3) is 10.8 Å². The highest BCUT2D eigenvalue weighted by atomic mass is 16.5. The number of nitrogens with zero attached hydrogens (tertiary/aromatic N) is 1. The van der Waals surface area contributed by atoms with Crippen molar-refractivity contribution in [2.24, 2.45) is 5.10 Å². The summed E-state index contributed by atoms with van der Waals surface area (Å²) < 4.78 is 11.1. The number of hydrogen-bond acceptors (Lipinski definition) is 5. The summed E-state index contributed by atoms with van der Waals surface area (Å²) in [5, 5.41) is 16.3. The Morgan fingerprint density at radius 2 is 1.78 bits per heavy atom. The Labute approximate surface area is 185 Å². The molecule has 2 N–H and O–H groups in total. The first-order valence-corrected chi connectivity index (χ1v) is 10.0. The van der Waals surface area contributed by atoms with Gasteiger partial charge in [-0.3, -0.25) is 4.79 Å². The maximum absolute atomic E-state index is 12.3. The third-order valence-corrected chi connectivity index (χ3v) is 5.00. The molecule has 4 aromatic rings. The molecule has 6 heteroatoms. The molecule has 0 heterocycles. The highest BCUT2D eigenvalue weighted by Gasteiger charge is 2.11. The highest BCUT2D eigenvalue weighted by molar-refractivity contribution is 5.97. The quantitative estimate of drug-likeness (QED) is 0.325. The van der Waals surface area contributed by atoms with E-state index in [1.54, 1.807) is 6.07 Å². The number of nitrogens with one attached hydrogen (secondary N) is 1. The molecule has 160 valence electrons. The summed E-state index contributed by atoms with van der Waals surface area (Å²) in [4.78, 5) is 12.3. The molecular formula is C26H22N2O4. The largest absolute Gasteiger partial charge is 0.507 e. The van der Waals surface area contributed by atoms with Crippen LogP contribution in [0.3, 0.4) is 0 Å². The maximum atomic E-state index is 12.3. The number of phenolic OH excluding ortho intramolecular Hbond substituents is 1. The van der Waals surface area contributed by atoms with E-state index in [-0.39, 0.29) is 11.3 Å². The fourth-order valence-corrected chi connectivity index (χ4v) is 3.34. The average Bonchev–Trinajstić information content (AvgIpc) is 2.83. The summed E-state index contributed by atoms with van der Waals surface area (Å²) in [5.41, 5.74) is 4.32. The molecule has 1 amide bonds. The number of ether oxygens (including phenoxy) is 2. The van der Waals surface area contributed by atoms with Crippen LogP contribution in [-0.2, 0) is 6.61 Å². The van der Waals surface area contributed by atoms with Crippen molar-refractivity contribution >= 4 is 22.9 Å². The van der Waals surface area contributed by atoms with Gasteiger partial charge in [-0.2, -0.15) is 5.10 Å². The minimum atomic E-state index is -0.532. The highest BCUT2D eigenvalue weighted by Crippen LogP contribution is 2.24. The molecule has 0 fully saturated rings. The van der Waals surface area contributed by atoms with E-state index in [0.29, 0.717) is 23.7 Å². The number of rotatable bonds is 7. The molecule has 4 aromatic carbocycles. The first-order valence-electron chi connectivity index (χ1n) is 10.0. The van der Waals surface area contributed by atoms with Crippen molar-refractivity contribution in [2.75, 3.05) is 7.11 Å². The van der Waals surface area contributed by atoms with Crippen LogP contribution in [0.4, 0.5) is 0 Å². The van der Waals surface area contributed by atoms with E-state index in [2.05, 4.69) is 28.7 Å². The van der Waals surface area contributed by atoms with Crippen molar-refractivity contribution in [3.05, 3.63) is 102 Å². The van der Waals surface area contributed by atoms with Crippen molar-refractivity contribution in [2.45, 2.75) is 6.61 Å². The molecule has 0 aromatic heterocycles. The smallest absolute Gasteiger partial charge is 0.275 e. The first kappa shape index (κ1) is 20.9. The van der Waals surface area contributed by atoms with E-state index < -0.39 is 5.91 Å². The van der Waals surface area contributed by atoms with Crippen LogP contribution < -0.4 is 14.9 Å². The second kappa shape index (κ2) is 9.66. The van der Waals surface area contributed by atoms with Crippen molar-refractivity contribution < 1.29 is 19.4 Å². The molecule has 0 radical (unpaired) electrons. The molecule has 6 nitrogen and oxygen atoms in total. The zero-order valence-electron chi connectivity index (χ0n) is 17.5. The van der Waals surface area contributed by atoms with Gasteiger partial charge < -0.3 is 14.6 Å². The van der Waals surface area contributed by atoms with Crippen LogP contribution in [-0.4, -0.2) is 24.3 Å². The van der Waals surface area contributed by atoms with E-state index in [9.17, 15) is 9.90 Å². The molecule has 0 saturated heterocycles. The molecule has 0 aliphatic carbocycles. The predicted molar refractivity (Wildman–Crippen MR) is 124 cm³/mol. The third-order valence-electron chi connectivity index (χ3n) is 5.00. The zero-order valence-corrected chi connectivity index (χ0v) is 17.5. The van der Waals surface area contributed by atoms with E-state index in [0.717, 1.165) is 16.3 Å². The van der Waals surface area contributed by atoms with Gasteiger partial charge in [0.05, 0.1) is 18.9 Å². The Hall–Kier alpha value is -4.32. The topological polar surface area (TPSA) is 80.2 Å². The maximum Gasteiger partial charge on any atom is 0.275 e. The van der Waals surface area contributed by atoms with Crippen LogP contribution in [0.2, 0.25) is 0 Å². The Morgan fingerprint density at radius 1 is 1.00 bits per heavy atom. The first-order chi connectivity index (χ1) is 15.7. The molecule has 0 spiro atoms.